The molecule has 0 spiro atoms. The largest absolute Gasteiger partial charge is 0.378 e. The number of nitrogens with zero attached hydrogens (tertiary/aromatic N) is 2. The third kappa shape index (κ3) is 3.93. The number of halogens is 2. The molecule has 1 amide bonds. The zero-order chi connectivity index (χ0) is 16.2. The Bertz CT molecular complexity index is 718. The van der Waals surface area contributed by atoms with Crippen LogP contribution in [0, 0.1) is 0 Å². The minimum atomic E-state index is -0.0916. The van der Waals surface area contributed by atoms with Gasteiger partial charge in [-0.25, -0.2) is 0 Å². The van der Waals surface area contributed by atoms with E-state index in [0.29, 0.717) is 42.0 Å². The van der Waals surface area contributed by atoms with Gasteiger partial charge in [0.15, 0.2) is 0 Å². The van der Waals surface area contributed by atoms with Crippen LogP contribution in [-0.4, -0.2) is 42.1 Å². The van der Waals surface area contributed by atoms with Gasteiger partial charge < -0.3 is 15.0 Å². The Morgan fingerprint density at radius 2 is 1.83 bits per heavy atom. The first-order valence-corrected chi connectivity index (χ1v) is 7.94. The summed E-state index contributed by atoms with van der Waals surface area (Å²) in [5.74, 6) is -0.0916. The smallest absolute Gasteiger partial charge is 0.272 e. The van der Waals surface area contributed by atoms with E-state index in [1.54, 1.807) is 35.4 Å². The highest BCUT2D eigenvalue weighted by Crippen LogP contribution is 2.27. The third-order valence-corrected chi connectivity index (χ3v) is 4.22. The second kappa shape index (κ2) is 7.17. The first-order chi connectivity index (χ1) is 11.1. The first kappa shape index (κ1) is 16.1. The normalized spacial score (nSPS) is 14.6. The Labute approximate surface area is 144 Å². The molecule has 1 aliphatic heterocycles. The number of morpholine rings is 1. The maximum Gasteiger partial charge on any atom is 0.272 e. The average molecular weight is 352 g/mol. The van der Waals surface area contributed by atoms with Crippen LogP contribution in [0.3, 0.4) is 0 Å². The van der Waals surface area contributed by atoms with Gasteiger partial charge in [0.05, 0.1) is 23.3 Å². The average Bonchev–Trinajstić information content (AvgIpc) is 2.58. The van der Waals surface area contributed by atoms with Crippen LogP contribution in [-0.2, 0) is 4.74 Å². The Kier molecular flexibility index (Phi) is 5.00. The quantitative estimate of drug-likeness (QED) is 0.917. The van der Waals surface area contributed by atoms with Crippen molar-refractivity contribution in [1.29, 1.82) is 0 Å². The van der Waals surface area contributed by atoms with Crippen LogP contribution in [0.2, 0.25) is 10.0 Å². The summed E-state index contributed by atoms with van der Waals surface area (Å²) in [5.41, 5.74) is 1.95. The molecule has 7 heteroatoms. The molecule has 0 unspecified atom stereocenters. The molecule has 0 saturated carbocycles. The molecule has 1 N–H and O–H groups in total. The van der Waals surface area contributed by atoms with E-state index in [2.05, 4.69) is 10.3 Å². The summed E-state index contributed by atoms with van der Waals surface area (Å²) in [7, 11) is 0. The number of benzene rings is 1. The number of hydrogen-bond acceptors (Lipinski definition) is 4. The molecule has 23 heavy (non-hydrogen) atoms. The molecular weight excluding hydrogens is 337 g/mol. The molecule has 0 radical (unpaired) electrons. The van der Waals surface area contributed by atoms with Crippen LogP contribution >= 0.6 is 23.2 Å². The van der Waals surface area contributed by atoms with E-state index in [0.717, 1.165) is 11.4 Å². The summed E-state index contributed by atoms with van der Waals surface area (Å²) in [4.78, 5) is 18.4. The van der Waals surface area contributed by atoms with E-state index in [-0.39, 0.29) is 5.91 Å². The van der Waals surface area contributed by atoms with Gasteiger partial charge in [0.2, 0.25) is 0 Å². The lowest BCUT2D eigenvalue weighted by atomic mass is 10.2. The number of nitrogens with one attached hydrogen (secondary N) is 1. The topological polar surface area (TPSA) is 54.5 Å². The van der Waals surface area contributed by atoms with Crippen molar-refractivity contribution in [3.05, 3.63) is 52.3 Å². The number of carbonyl (C=O) groups excluding carboxylic acids is 1. The molecule has 120 valence electrons. The Morgan fingerprint density at radius 3 is 2.57 bits per heavy atom. The molecule has 0 bridgehead atoms. The predicted octanol–water partition coefficient (Wildman–Crippen LogP) is 3.60. The molecule has 3 rings (SSSR count). The van der Waals surface area contributed by atoms with Gasteiger partial charge in [-0.2, -0.15) is 0 Å². The number of amides is 1. The van der Waals surface area contributed by atoms with Crippen LogP contribution in [0.1, 0.15) is 10.5 Å². The molecule has 0 atom stereocenters. The van der Waals surface area contributed by atoms with Gasteiger partial charge in [-0.1, -0.05) is 23.2 Å². The van der Waals surface area contributed by atoms with E-state index in [1.807, 2.05) is 6.07 Å². The van der Waals surface area contributed by atoms with Crippen molar-refractivity contribution in [2.45, 2.75) is 0 Å². The van der Waals surface area contributed by atoms with E-state index < -0.39 is 0 Å². The van der Waals surface area contributed by atoms with Gasteiger partial charge in [0.1, 0.15) is 5.69 Å². The molecule has 1 aromatic heterocycles. The lowest BCUT2D eigenvalue weighted by molar-refractivity contribution is 0.0299. The van der Waals surface area contributed by atoms with Gasteiger partial charge in [-0.15, -0.1) is 0 Å². The fourth-order valence-corrected chi connectivity index (χ4v) is 2.59. The molecular formula is C16H15Cl2N3O2. The highest BCUT2D eigenvalue weighted by molar-refractivity contribution is 6.42. The van der Waals surface area contributed by atoms with Crippen LogP contribution in [0.4, 0.5) is 11.4 Å². The molecule has 1 aliphatic rings. The Morgan fingerprint density at radius 1 is 1.09 bits per heavy atom. The van der Waals surface area contributed by atoms with Crippen LogP contribution in [0.5, 0.6) is 0 Å². The lowest BCUT2D eigenvalue weighted by Gasteiger charge is -2.26. The van der Waals surface area contributed by atoms with Crippen molar-refractivity contribution in [2.24, 2.45) is 0 Å². The zero-order valence-electron chi connectivity index (χ0n) is 12.3. The monoisotopic (exact) mass is 351 g/mol. The Balaban J connectivity index is 1.76. The van der Waals surface area contributed by atoms with Crippen LogP contribution in [0.15, 0.2) is 36.5 Å². The van der Waals surface area contributed by atoms with Gasteiger partial charge in [-0.3, -0.25) is 9.78 Å². The lowest BCUT2D eigenvalue weighted by Crippen LogP contribution is -2.41. The van der Waals surface area contributed by atoms with Crippen molar-refractivity contribution >= 4 is 40.5 Å². The molecule has 0 aliphatic carbocycles. The molecule has 1 fully saturated rings. The second-order valence-electron chi connectivity index (χ2n) is 5.09. The van der Waals surface area contributed by atoms with Crippen molar-refractivity contribution < 1.29 is 9.53 Å². The number of hydrogen-bond donors (Lipinski definition) is 1. The van der Waals surface area contributed by atoms with Crippen molar-refractivity contribution in [2.75, 3.05) is 31.6 Å². The fourth-order valence-electron chi connectivity index (χ4n) is 2.29. The molecule has 5 nitrogen and oxygen atoms in total. The number of aromatic nitrogens is 1. The van der Waals surface area contributed by atoms with Gasteiger partial charge in [-0.05, 0) is 30.3 Å². The minimum Gasteiger partial charge on any atom is -0.378 e. The third-order valence-electron chi connectivity index (χ3n) is 3.49. The molecule has 1 saturated heterocycles. The van der Waals surface area contributed by atoms with E-state index in [4.69, 9.17) is 27.9 Å². The van der Waals surface area contributed by atoms with Crippen LogP contribution < -0.4 is 5.32 Å². The summed E-state index contributed by atoms with van der Waals surface area (Å²) < 4.78 is 5.26. The summed E-state index contributed by atoms with van der Waals surface area (Å²) in [6, 6.07) is 8.78. The summed E-state index contributed by atoms with van der Waals surface area (Å²) in [6.45, 7) is 2.30. The molecule has 2 aromatic rings. The number of pyridine rings is 1. The predicted molar refractivity (Wildman–Crippen MR) is 90.7 cm³/mol. The molecule has 2 heterocycles. The highest BCUT2D eigenvalue weighted by Gasteiger charge is 2.19. The van der Waals surface area contributed by atoms with E-state index >= 15 is 0 Å². The summed E-state index contributed by atoms with van der Waals surface area (Å²) >= 11 is 11.9. The SMILES string of the molecule is O=C(c1cc(Nc2ccc(Cl)c(Cl)c2)ccn1)N1CCOCC1. The van der Waals surface area contributed by atoms with Crippen molar-refractivity contribution in [3.63, 3.8) is 0 Å². The van der Waals surface area contributed by atoms with E-state index in [9.17, 15) is 4.79 Å². The number of anilines is 2. The number of carbonyl (C=O) groups is 1. The minimum absolute atomic E-state index is 0.0916. The first-order valence-electron chi connectivity index (χ1n) is 7.18. The van der Waals surface area contributed by atoms with Crippen molar-refractivity contribution in [1.82, 2.24) is 9.88 Å². The number of rotatable bonds is 3. The zero-order valence-corrected chi connectivity index (χ0v) is 13.8. The fraction of sp³-hybridized carbons (Fsp3) is 0.250. The van der Waals surface area contributed by atoms with Crippen LogP contribution in [0.25, 0.3) is 0 Å². The molecule has 1 aromatic carbocycles. The summed E-state index contributed by atoms with van der Waals surface area (Å²) in [5, 5.41) is 4.16. The van der Waals surface area contributed by atoms with Gasteiger partial charge in [0, 0.05) is 30.7 Å². The van der Waals surface area contributed by atoms with Crippen molar-refractivity contribution in [3.8, 4) is 0 Å². The number of ether oxygens (including phenoxy) is 1. The summed E-state index contributed by atoms with van der Waals surface area (Å²) in [6.07, 6.45) is 1.60. The highest BCUT2D eigenvalue weighted by atomic mass is 35.5. The standard InChI is InChI=1S/C16H15Cl2N3O2/c17-13-2-1-11(9-14(13)18)20-12-3-4-19-15(10-12)16(22)21-5-7-23-8-6-21/h1-4,9-10H,5-8H2,(H,19,20). The maximum absolute atomic E-state index is 12.4. The van der Waals surface area contributed by atoms with E-state index in [1.165, 1.54) is 0 Å². The maximum atomic E-state index is 12.4. The van der Waals surface area contributed by atoms with Gasteiger partial charge >= 0.3 is 0 Å². The van der Waals surface area contributed by atoms with Gasteiger partial charge in [0.25, 0.3) is 5.91 Å². The second-order valence-corrected chi connectivity index (χ2v) is 5.90. The Hall–Kier alpha value is -1.82.